The summed E-state index contributed by atoms with van der Waals surface area (Å²) in [6, 6.07) is 7.08. The molecule has 2 N–H and O–H groups in total. The van der Waals surface area contributed by atoms with Gasteiger partial charge in [0.15, 0.2) is 11.6 Å². The maximum absolute atomic E-state index is 11.7. The minimum Gasteiger partial charge on any atom is -0.399 e. The molecule has 0 bridgehead atoms. The number of benzene rings is 1. The zero-order valence-electron chi connectivity index (χ0n) is 10.2. The third kappa shape index (κ3) is 3.55. The van der Waals surface area contributed by atoms with Crippen LogP contribution >= 0.6 is 0 Å². The first-order valence-corrected chi connectivity index (χ1v) is 5.72. The van der Waals surface area contributed by atoms with Gasteiger partial charge in [0.25, 0.3) is 0 Å². The van der Waals surface area contributed by atoms with Gasteiger partial charge in [0, 0.05) is 18.5 Å². The van der Waals surface area contributed by atoms with Crippen molar-refractivity contribution < 1.29 is 9.59 Å². The number of carbonyl (C=O) groups excluding carboxylic acids is 2. The van der Waals surface area contributed by atoms with E-state index in [0.717, 1.165) is 5.56 Å². The van der Waals surface area contributed by atoms with Crippen molar-refractivity contribution >= 4 is 23.3 Å². The molecule has 0 saturated carbocycles. The Morgan fingerprint density at radius 2 is 1.53 bits per heavy atom. The van der Waals surface area contributed by atoms with Crippen molar-refractivity contribution in [2.24, 2.45) is 0 Å². The standard InChI is InChI=1S/C14H17NO2/c1-3-13(16)12(14(17)4-2)9-10-5-7-11(15)8-6-10/h5-9H,3-4,15H2,1-2H3. The van der Waals surface area contributed by atoms with Crippen LogP contribution in [-0.4, -0.2) is 11.6 Å². The van der Waals surface area contributed by atoms with Crippen molar-refractivity contribution in [3.63, 3.8) is 0 Å². The zero-order valence-corrected chi connectivity index (χ0v) is 10.2. The minimum atomic E-state index is -0.117. The Labute approximate surface area is 101 Å². The van der Waals surface area contributed by atoms with E-state index in [4.69, 9.17) is 5.73 Å². The lowest BCUT2D eigenvalue weighted by Crippen LogP contribution is -2.10. The first kappa shape index (κ1) is 13.2. The lowest BCUT2D eigenvalue weighted by atomic mass is 10.00. The fourth-order valence-electron chi connectivity index (χ4n) is 1.46. The first-order chi connectivity index (χ1) is 8.08. The van der Waals surface area contributed by atoms with Gasteiger partial charge in [0.1, 0.15) is 0 Å². The summed E-state index contributed by atoms with van der Waals surface area (Å²) < 4.78 is 0. The number of carbonyl (C=O) groups is 2. The average Bonchev–Trinajstić information content (AvgIpc) is 2.36. The van der Waals surface area contributed by atoms with E-state index in [1.807, 2.05) is 0 Å². The van der Waals surface area contributed by atoms with Crippen LogP contribution in [0.15, 0.2) is 29.8 Å². The number of hydrogen-bond donors (Lipinski definition) is 1. The monoisotopic (exact) mass is 231 g/mol. The topological polar surface area (TPSA) is 60.2 Å². The first-order valence-electron chi connectivity index (χ1n) is 5.72. The molecular weight excluding hydrogens is 214 g/mol. The Bertz CT molecular complexity index is 426. The third-order valence-corrected chi connectivity index (χ3v) is 2.49. The highest BCUT2D eigenvalue weighted by molar-refractivity contribution is 6.23. The SMILES string of the molecule is CCC(=O)C(=Cc1ccc(N)cc1)C(=O)CC. The van der Waals surface area contributed by atoms with Crippen LogP contribution in [0.3, 0.4) is 0 Å². The molecule has 1 rings (SSSR count). The number of nitrogens with two attached hydrogens (primary N) is 1. The summed E-state index contributed by atoms with van der Waals surface area (Å²) in [5.74, 6) is -0.234. The predicted molar refractivity (Wildman–Crippen MR) is 69.4 cm³/mol. The molecule has 0 fully saturated rings. The van der Waals surface area contributed by atoms with Gasteiger partial charge in [-0.3, -0.25) is 9.59 Å². The zero-order chi connectivity index (χ0) is 12.8. The molecule has 0 aliphatic carbocycles. The van der Waals surface area contributed by atoms with Crippen molar-refractivity contribution in [2.45, 2.75) is 26.7 Å². The predicted octanol–water partition coefficient (Wildman–Crippen LogP) is 2.61. The summed E-state index contributed by atoms with van der Waals surface area (Å²) in [7, 11) is 0. The van der Waals surface area contributed by atoms with Crippen LogP contribution in [0, 0.1) is 0 Å². The smallest absolute Gasteiger partial charge is 0.166 e. The van der Waals surface area contributed by atoms with Crippen LogP contribution in [0.4, 0.5) is 5.69 Å². The summed E-state index contributed by atoms with van der Waals surface area (Å²) >= 11 is 0. The molecule has 0 aliphatic rings. The molecular formula is C14H17NO2. The molecule has 0 amide bonds. The fraction of sp³-hybridized carbons (Fsp3) is 0.286. The van der Waals surface area contributed by atoms with E-state index >= 15 is 0 Å². The maximum atomic E-state index is 11.7. The fourth-order valence-corrected chi connectivity index (χ4v) is 1.46. The van der Waals surface area contributed by atoms with Crippen molar-refractivity contribution in [3.05, 3.63) is 35.4 Å². The molecule has 3 heteroatoms. The normalized spacial score (nSPS) is 9.76. The van der Waals surface area contributed by atoms with Gasteiger partial charge in [0.05, 0.1) is 5.57 Å². The van der Waals surface area contributed by atoms with Gasteiger partial charge >= 0.3 is 0 Å². The highest BCUT2D eigenvalue weighted by atomic mass is 16.1. The molecule has 0 spiro atoms. The second kappa shape index (κ2) is 5.99. The number of allylic oxidation sites excluding steroid dienone is 1. The van der Waals surface area contributed by atoms with Crippen molar-refractivity contribution in [3.8, 4) is 0 Å². The molecule has 3 nitrogen and oxygen atoms in total. The number of nitrogen functional groups attached to an aromatic ring is 1. The van der Waals surface area contributed by atoms with Gasteiger partial charge < -0.3 is 5.73 Å². The molecule has 0 atom stereocenters. The van der Waals surface area contributed by atoms with Gasteiger partial charge in [-0.25, -0.2) is 0 Å². The molecule has 1 aromatic carbocycles. The maximum Gasteiger partial charge on any atom is 0.166 e. The molecule has 0 aromatic heterocycles. The number of Topliss-reactive ketones (excluding diaryl/α,β-unsaturated/α-hetero) is 2. The van der Waals surface area contributed by atoms with Crippen LogP contribution in [-0.2, 0) is 9.59 Å². The van der Waals surface area contributed by atoms with E-state index in [-0.39, 0.29) is 17.1 Å². The van der Waals surface area contributed by atoms with E-state index in [0.29, 0.717) is 18.5 Å². The van der Waals surface area contributed by atoms with Crippen LogP contribution in [0.5, 0.6) is 0 Å². The average molecular weight is 231 g/mol. The lowest BCUT2D eigenvalue weighted by Gasteiger charge is -2.03. The van der Waals surface area contributed by atoms with Crippen LogP contribution in [0.1, 0.15) is 32.3 Å². The summed E-state index contributed by atoms with van der Waals surface area (Å²) in [5, 5.41) is 0. The van der Waals surface area contributed by atoms with E-state index in [1.54, 1.807) is 44.2 Å². The summed E-state index contributed by atoms with van der Waals surface area (Å²) in [5.41, 5.74) is 7.33. The molecule has 0 saturated heterocycles. The number of rotatable bonds is 5. The Hall–Kier alpha value is -1.90. The number of hydrogen-bond acceptors (Lipinski definition) is 3. The van der Waals surface area contributed by atoms with Crippen LogP contribution < -0.4 is 5.73 Å². The van der Waals surface area contributed by atoms with Crippen LogP contribution in [0.2, 0.25) is 0 Å². The Morgan fingerprint density at radius 1 is 1.06 bits per heavy atom. The van der Waals surface area contributed by atoms with E-state index in [1.165, 1.54) is 0 Å². The molecule has 0 unspecified atom stereocenters. The molecule has 0 heterocycles. The molecule has 90 valence electrons. The van der Waals surface area contributed by atoms with E-state index in [2.05, 4.69) is 0 Å². The Kier molecular flexibility index (Phi) is 4.64. The van der Waals surface area contributed by atoms with Gasteiger partial charge in [-0.15, -0.1) is 0 Å². The van der Waals surface area contributed by atoms with E-state index < -0.39 is 0 Å². The third-order valence-electron chi connectivity index (χ3n) is 2.49. The van der Waals surface area contributed by atoms with Gasteiger partial charge in [-0.2, -0.15) is 0 Å². The Balaban J connectivity index is 3.09. The summed E-state index contributed by atoms with van der Waals surface area (Å²) in [6.45, 7) is 3.50. The van der Waals surface area contributed by atoms with Crippen molar-refractivity contribution in [1.82, 2.24) is 0 Å². The quantitative estimate of drug-likeness (QED) is 0.367. The van der Waals surface area contributed by atoms with Crippen molar-refractivity contribution in [1.29, 1.82) is 0 Å². The van der Waals surface area contributed by atoms with Crippen LogP contribution in [0.25, 0.3) is 6.08 Å². The second-order valence-corrected chi connectivity index (χ2v) is 3.78. The Morgan fingerprint density at radius 3 is 1.94 bits per heavy atom. The summed E-state index contributed by atoms with van der Waals surface area (Å²) in [6.07, 6.45) is 2.32. The summed E-state index contributed by atoms with van der Waals surface area (Å²) in [4.78, 5) is 23.3. The highest BCUT2D eigenvalue weighted by Crippen LogP contribution is 2.13. The van der Waals surface area contributed by atoms with Crippen molar-refractivity contribution in [2.75, 3.05) is 5.73 Å². The molecule has 1 aromatic rings. The number of ketones is 2. The van der Waals surface area contributed by atoms with Gasteiger partial charge in [-0.05, 0) is 23.8 Å². The highest BCUT2D eigenvalue weighted by Gasteiger charge is 2.14. The van der Waals surface area contributed by atoms with Gasteiger partial charge in [0.2, 0.25) is 0 Å². The largest absolute Gasteiger partial charge is 0.399 e. The second-order valence-electron chi connectivity index (χ2n) is 3.78. The molecule has 0 radical (unpaired) electrons. The van der Waals surface area contributed by atoms with Gasteiger partial charge in [-0.1, -0.05) is 26.0 Å². The van der Waals surface area contributed by atoms with E-state index in [9.17, 15) is 9.59 Å². The molecule has 0 aliphatic heterocycles. The number of anilines is 1. The molecule has 17 heavy (non-hydrogen) atoms. The lowest BCUT2D eigenvalue weighted by molar-refractivity contribution is -0.121. The minimum absolute atomic E-state index is 0.117.